The van der Waals surface area contributed by atoms with E-state index >= 15 is 0 Å². The second-order valence-corrected chi connectivity index (χ2v) is 6.93. The zero-order chi connectivity index (χ0) is 22.9. The SMILES string of the molecule is CNc1cc(F)cc2c1[nH]c1nc(Oc3cnc(OC)nc3)nc(-c3ccc(OC)nc3)c12. The summed E-state index contributed by atoms with van der Waals surface area (Å²) in [5.74, 6) is 0.396. The summed E-state index contributed by atoms with van der Waals surface area (Å²) in [6.45, 7) is 0. The van der Waals surface area contributed by atoms with E-state index in [1.54, 1.807) is 19.3 Å². The number of aromatic amines is 1. The van der Waals surface area contributed by atoms with Gasteiger partial charge in [0, 0.05) is 30.3 Å². The van der Waals surface area contributed by atoms with Gasteiger partial charge in [-0.05, 0) is 18.2 Å². The van der Waals surface area contributed by atoms with Gasteiger partial charge in [-0.2, -0.15) is 19.9 Å². The van der Waals surface area contributed by atoms with Crippen molar-refractivity contribution in [3.05, 3.63) is 48.7 Å². The number of halogens is 1. The average Bonchev–Trinajstić information content (AvgIpc) is 3.21. The van der Waals surface area contributed by atoms with Gasteiger partial charge < -0.3 is 24.5 Å². The largest absolute Gasteiger partial charge is 0.481 e. The number of hydrogen-bond acceptors (Lipinski definition) is 9. The highest BCUT2D eigenvalue weighted by Crippen LogP contribution is 2.37. The van der Waals surface area contributed by atoms with Gasteiger partial charge in [-0.25, -0.2) is 9.37 Å². The van der Waals surface area contributed by atoms with Gasteiger partial charge in [0.1, 0.15) is 11.5 Å². The molecule has 33 heavy (non-hydrogen) atoms. The topological polar surface area (TPSA) is 120 Å². The van der Waals surface area contributed by atoms with Gasteiger partial charge >= 0.3 is 12.0 Å². The van der Waals surface area contributed by atoms with Crippen LogP contribution in [0.5, 0.6) is 23.7 Å². The maximum absolute atomic E-state index is 14.4. The highest BCUT2D eigenvalue weighted by Gasteiger charge is 2.19. The van der Waals surface area contributed by atoms with Crippen LogP contribution >= 0.6 is 0 Å². The summed E-state index contributed by atoms with van der Waals surface area (Å²) in [6.07, 6.45) is 4.53. The number of methoxy groups -OCH3 is 2. The number of aromatic nitrogens is 6. The lowest BCUT2D eigenvalue weighted by molar-refractivity contribution is 0.373. The van der Waals surface area contributed by atoms with E-state index in [2.05, 4.69) is 35.2 Å². The van der Waals surface area contributed by atoms with Crippen LogP contribution in [0.3, 0.4) is 0 Å². The minimum absolute atomic E-state index is 0.0557. The van der Waals surface area contributed by atoms with Crippen molar-refractivity contribution in [2.24, 2.45) is 0 Å². The van der Waals surface area contributed by atoms with Crippen molar-refractivity contribution < 1.29 is 18.6 Å². The molecule has 0 aliphatic heterocycles. The van der Waals surface area contributed by atoms with Crippen LogP contribution in [0, 0.1) is 5.82 Å². The molecule has 0 saturated heterocycles. The van der Waals surface area contributed by atoms with E-state index < -0.39 is 0 Å². The van der Waals surface area contributed by atoms with Gasteiger partial charge in [-0.15, -0.1) is 0 Å². The van der Waals surface area contributed by atoms with Crippen LogP contribution < -0.4 is 19.5 Å². The summed E-state index contributed by atoms with van der Waals surface area (Å²) in [7, 11) is 4.73. The normalized spacial score (nSPS) is 11.0. The van der Waals surface area contributed by atoms with Crippen LogP contribution in [0.2, 0.25) is 0 Å². The number of fused-ring (bicyclic) bond motifs is 3. The molecule has 0 fully saturated rings. The fourth-order valence-electron chi connectivity index (χ4n) is 3.50. The molecule has 0 radical (unpaired) electrons. The van der Waals surface area contributed by atoms with Gasteiger partial charge in [0.25, 0.3) is 0 Å². The maximum atomic E-state index is 14.4. The first-order valence-corrected chi connectivity index (χ1v) is 9.84. The smallest absolute Gasteiger partial charge is 0.324 e. The fraction of sp³-hybridized carbons (Fsp3) is 0.136. The van der Waals surface area contributed by atoms with Crippen molar-refractivity contribution in [2.75, 3.05) is 26.6 Å². The molecule has 0 aliphatic carbocycles. The molecule has 11 heteroatoms. The summed E-state index contributed by atoms with van der Waals surface area (Å²) in [6, 6.07) is 6.64. The number of benzene rings is 1. The van der Waals surface area contributed by atoms with Crippen LogP contribution in [-0.2, 0) is 0 Å². The molecule has 10 nitrogen and oxygen atoms in total. The van der Waals surface area contributed by atoms with Crippen LogP contribution in [-0.4, -0.2) is 51.2 Å². The van der Waals surface area contributed by atoms with Crippen LogP contribution in [0.4, 0.5) is 10.1 Å². The van der Waals surface area contributed by atoms with Gasteiger partial charge in [0.15, 0.2) is 5.75 Å². The molecule has 0 spiro atoms. The molecular weight excluding hydrogens is 429 g/mol. The molecule has 5 aromatic rings. The van der Waals surface area contributed by atoms with E-state index in [0.717, 1.165) is 0 Å². The summed E-state index contributed by atoms with van der Waals surface area (Å²) in [4.78, 5) is 24.7. The van der Waals surface area contributed by atoms with Crippen LogP contribution in [0.1, 0.15) is 0 Å². The Labute approximate surface area is 186 Å². The van der Waals surface area contributed by atoms with E-state index in [0.29, 0.717) is 50.5 Å². The molecule has 1 aromatic carbocycles. The van der Waals surface area contributed by atoms with E-state index in [9.17, 15) is 4.39 Å². The Morgan fingerprint density at radius 3 is 2.42 bits per heavy atom. The Morgan fingerprint density at radius 2 is 1.76 bits per heavy atom. The second-order valence-electron chi connectivity index (χ2n) is 6.93. The first-order chi connectivity index (χ1) is 16.1. The van der Waals surface area contributed by atoms with E-state index in [4.69, 9.17) is 14.2 Å². The number of pyridine rings is 1. The zero-order valence-electron chi connectivity index (χ0n) is 17.9. The highest BCUT2D eigenvalue weighted by atomic mass is 19.1. The first-order valence-electron chi connectivity index (χ1n) is 9.84. The molecule has 4 aromatic heterocycles. The van der Waals surface area contributed by atoms with Crippen molar-refractivity contribution >= 4 is 27.6 Å². The maximum Gasteiger partial charge on any atom is 0.324 e. The number of anilines is 1. The molecule has 0 amide bonds. The summed E-state index contributed by atoms with van der Waals surface area (Å²) in [5.41, 5.74) is 2.94. The van der Waals surface area contributed by atoms with Crippen molar-refractivity contribution in [2.45, 2.75) is 0 Å². The van der Waals surface area contributed by atoms with Gasteiger partial charge in [0.2, 0.25) is 5.88 Å². The molecule has 5 rings (SSSR count). The second kappa shape index (κ2) is 8.19. The minimum Gasteiger partial charge on any atom is -0.481 e. The first kappa shape index (κ1) is 20.4. The number of hydrogen-bond donors (Lipinski definition) is 2. The summed E-state index contributed by atoms with van der Waals surface area (Å²) < 4.78 is 30.3. The Bertz CT molecular complexity index is 1450. The third kappa shape index (κ3) is 3.69. The number of ether oxygens (including phenoxy) is 3. The molecule has 0 bridgehead atoms. The third-order valence-electron chi connectivity index (χ3n) is 4.99. The number of H-pyrrole nitrogens is 1. The van der Waals surface area contributed by atoms with Crippen molar-refractivity contribution in [3.8, 4) is 34.9 Å². The van der Waals surface area contributed by atoms with E-state index in [-0.39, 0.29) is 17.8 Å². The lowest BCUT2D eigenvalue weighted by Gasteiger charge is -2.08. The van der Waals surface area contributed by atoms with Gasteiger partial charge in [0.05, 0.1) is 48.9 Å². The van der Waals surface area contributed by atoms with Gasteiger partial charge in [-0.3, -0.25) is 0 Å². The standard InChI is InChI=1S/C22H18FN7O3/c1-24-15-7-12(23)6-14-17-18(11-4-5-16(31-2)25-8-11)29-22(30-20(17)28-19(14)15)33-13-9-26-21(32-3)27-10-13/h4-10,24H,1-3H3,(H,28,29,30). The predicted molar refractivity (Wildman–Crippen MR) is 119 cm³/mol. The Hall–Kier alpha value is -4.54. The number of nitrogens with zero attached hydrogens (tertiary/aromatic N) is 5. The predicted octanol–water partition coefficient (Wildman–Crippen LogP) is 3.95. The highest BCUT2D eigenvalue weighted by molar-refractivity contribution is 6.15. The Kier molecular flexibility index (Phi) is 5.05. The molecule has 4 heterocycles. The lowest BCUT2D eigenvalue weighted by Crippen LogP contribution is -1.98. The average molecular weight is 447 g/mol. The van der Waals surface area contributed by atoms with Gasteiger partial charge in [-0.1, -0.05) is 0 Å². The molecule has 0 atom stereocenters. The number of rotatable bonds is 6. The van der Waals surface area contributed by atoms with Crippen LogP contribution in [0.25, 0.3) is 33.2 Å². The Balaban J connectivity index is 1.73. The molecule has 0 aliphatic rings. The van der Waals surface area contributed by atoms with Crippen molar-refractivity contribution in [1.82, 2.24) is 29.9 Å². The fourth-order valence-corrected chi connectivity index (χ4v) is 3.50. The number of nitrogens with one attached hydrogen (secondary N) is 2. The summed E-state index contributed by atoms with van der Waals surface area (Å²) >= 11 is 0. The molecular formula is C22H18FN7O3. The molecule has 0 saturated carbocycles. The molecule has 0 unspecified atom stereocenters. The van der Waals surface area contributed by atoms with Crippen LogP contribution in [0.15, 0.2) is 42.9 Å². The van der Waals surface area contributed by atoms with Crippen molar-refractivity contribution in [3.63, 3.8) is 0 Å². The summed E-state index contributed by atoms with van der Waals surface area (Å²) in [5, 5.41) is 4.26. The third-order valence-corrected chi connectivity index (χ3v) is 4.99. The Morgan fingerprint density at radius 1 is 0.939 bits per heavy atom. The van der Waals surface area contributed by atoms with Crippen molar-refractivity contribution in [1.29, 1.82) is 0 Å². The zero-order valence-corrected chi connectivity index (χ0v) is 17.9. The quantitative estimate of drug-likeness (QED) is 0.398. The van der Waals surface area contributed by atoms with E-state index in [1.165, 1.54) is 38.7 Å². The monoisotopic (exact) mass is 447 g/mol. The minimum atomic E-state index is -0.387. The molecule has 2 N–H and O–H groups in total. The molecule has 166 valence electrons. The lowest BCUT2D eigenvalue weighted by atomic mass is 10.1. The van der Waals surface area contributed by atoms with E-state index in [1.807, 2.05) is 6.07 Å².